The summed E-state index contributed by atoms with van der Waals surface area (Å²) in [6.07, 6.45) is 16.3. The third-order valence-electron chi connectivity index (χ3n) is 6.06. The molecule has 1 aromatic carbocycles. The Morgan fingerprint density at radius 3 is 2.53 bits per heavy atom. The number of hydrogen-bond acceptors (Lipinski definition) is 2. The van der Waals surface area contributed by atoms with Crippen LogP contribution in [0.15, 0.2) is 60.5 Å². The van der Waals surface area contributed by atoms with Crippen molar-refractivity contribution in [2.75, 3.05) is 13.7 Å². The molecule has 4 heteroatoms. The van der Waals surface area contributed by atoms with Crippen LogP contribution in [-0.4, -0.2) is 24.5 Å². The highest BCUT2D eigenvalue weighted by atomic mass is 16.5. The molecule has 1 aromatic heterocycles. The number of benzene rings is 1. The Morgan fingerprint density at radius 1 is 1.17 bits per heavy atom. The van der Waals surface area contributed by atoms with E-state index < -0.39 is 0 Å². The van der Waals surface area contributed by atoms with Crippen LogP contribution in [0.2, 0.25) is 0 Å². The lowest BCUT2D eigenvalue weighted by molar-refractivity contribution is 0.0943. The number of hydrogen-bond donors (Lipinski definition) is 2. The topological polar surface area (TPSA) is 54.1 Å². The highest BCUT2D eigenvalue weighted by Gasteiger charge is 2.23. The maximum atomic E-state index is 12.8. The molecule has 1 heterocycles. The summed E-state index contributed by atoms with van der Waals surface area (Å²) in [4.78, 5) is 15.9. The molecular formula is C26H34N2O2. The lowest BCUT2D eigenvalue weighted by Crippen LogP contribution is -2.31. The molecule has 4 nitrogen and oxygen atoms in total. The first-order chi connectivity index (χ1) is 14.7. The van der Waals surface area contributed by atoms with Crippen LogP contribution in [0.25, 0.3) is 11.1 Å². The molecule has 2 aromatic rings. The molecule has 1 fully saturated rings. The van der Waals surface area contributed by atoms with E-state index >= 15 is 0 Å². The first kappa shape index (κ1) is 21.9. The molecule has 1 amide bonds. The Bertz CT molecular complexity index is 869. The minimum absolute atomic E-state index is 0.00956. The monoisotopic (exact) mass is 406 g/mol. The highest BCUT2D eigenvalue weighted by molar-refractivity contribution is 6.00. The van der Waals surface area contributed by atoms with Gasteiger partial charge >= 0.3 is 0 Å². The molecule has 2 N–H and O–H groups in total. The molecule has 1 saturated carbocycles. The van der Waals surface area contributed by atoms with Crippen molar-refractivity contribution in [2.45, 2.75) is 46.0 Å². The third-order valence-corrected chi connectivity index (χ3v) is 6.06. The zero-order valence-corrected chi connectivity index (χ0v) is 18.4. The number of allylic oxidation sites excluding steroid dienone is 4. The number of amides is 1. The molecule has 0 aliphatic heterocycles. The smallest absolute Gasteiger partial charge is 0.253 e. The van der Waals surface area contributed by atoms with Crippen LogP contribution in [0.1, 0.15) is 56.3 Å². The van der Waals surface area contributed by atoms with Gasteiger partial charge in [0.05, 0.1) is 12.7 Å². The van der Waals surface area contributed by atoms with Gasteiger partial charge in [-0.15, -0.1) is 0 Å². The second-order valence-electron chi connectivity index (χ2n) is 8.05. The second kappa shape index (κ2) is 10.9. The zero-order chi connectivity index (χ0) is 21.3. The summed E-state index contributed by atoms with van der Waals surface area (Å²) in [5.74, 6) is 2.02. The van der Waals surface area contributed by atoms with Crippen molar-refractivity contribution in [3.05, 3.63) is 66.0 Å². The van der Waals surface area contributed by atoms with Crippen LogP contribution >= 0.6 is 0 Å². The summed E-state index contributed by atoms with van der Waals surface area (Å²) in [6.45, 7) is 5.03. The largest absolute Gasteiger partial charge is 0.497 e. The van der Waals surface area contributed by atoms with Crippen LogP contribution in [0.3, 0.4) is 0 Å². The number of carbonyl (C=O) groups excluding carboxylic acids is 1. The van der Waals surface area contributed by atoms with Crippen molar-refractivity contribution in [2.24, 2.45) is 11.8 Å². The maximum absolute atomic E-state index is 12.8. The number of aromatic amines is 1. The first-order valence-corrected chi connectivity index (χ1v) is 11.1. The molecule has 1 aliphatic rings. The highest BCUT2D eigenvalue weighted by Crippen LogP contribution is 2.34. The van der Waals surface area contributed by atoms with Gasteiger partial charge in [-0.25, -0.2) is 0 Å². The lowest BCUT2D eigenvalue weighted by atomic mass is 9.78. The predicted octanol–water partition coefficient (Wildman–Crippen LogP) is 6.14. The summed E-state index contributed by atoms with van der Waals surface area (Å²) in [6, 6.07) is 7.79. The van der Waals surface area contributed by atoms with E-state index in [0.29, 0.717) is 17.4 Å². The number of ether oxygens (including phenoxy) is 1. The fourth-order valence-electron chi connectivity index (χ4n) is 4.39. The number of carbonyl (C=O) groups is 1. The number of methoxy groups -OCH3 is 1. The number of rotatable bonds is 8. The fourth-order valence-corrected chi connectivity index (χ4v) is 4.39. The second-order valence-corrected chi connectivity index (χ2v) is 8.05. The molecule has 160 valence electrons. The van der Waals surface area contributed by atoms with E-state index in [2.05, 4.69) is 42.4 Å². The standard InChI is InChI=1S/C26H34N2O2/c1-4-6-20(7-5-2)21-10-8-19(9-11-21)16-28-26(29)25-18-27-17-24(25)22-12-14-23(30-3)15-13-22/h4,6-7,12-15,17-19,21,27H,5,8-11,16H2,1-3H3,(H,28,29)/b6-4-,20-7+. The molecule has 0 bridgehead atoms. The van der Waals surface area contributed by atoms with Gasteiger partial charge in [-0.3, -0.25) is 4.79 Å². The van der Waals surface area contributed by atoms with Gasteiger partial charge in [0.2, 0.25) is 0 Å². The summed E-state index contributed by atoms with van der Waals surface area (Å²) < 4.78 is 5.22. The summed E-state index contributed by atoms with van der Waals surface area (Å²) in [5.41, 5.74) is 4.09. The van der Waals surface area contributed by atoms with E-state index in [1.54, 1.807) is 13.3 Å². The van der Waals surface area contributed by atoms with E-state index in [-0.39, 0.29) is 5.91 Å². The summed E-state index contributed by atoms with van der Waals surface area (Å²) >= 11 is 0. The van der Waals surface area contributed by atoms with Crippen molar-refractivity contribution in [1.82, 2.24) is 10.3 Å². The van der Waals surface area contributed by atoms with Gasteiger partial charge < -0.3 is 15.0 Å². The van der Waals surface area contributed by atoms with Gasteiger partial charge in [0.1, 0.15) is 5.75 Å². The van der Waals surface area contributed by atoms with E-state index in [4.69, 9.17) is 4.74 Å². The van der Waals surface area contributed by atoms with E-state index in [1.807, 2.05) is 30.5 Å². The molecule has 0 saturated heterocycles. The Morgan fingerprint density at radius 2 is 1.90 bits per heavy atom. The molecule has 0 unspecified atom stereocenters. The van der Waals surface area contributed by atoms with E-state index in [1.165, 1.54) is 31.3 Å². The summed E-state index contributed by atoms with van der Waals surface area (Å²) in [7, 11) is 1.65. The number of H-pyrrole nitrogens is 1. The fraction of sp³-hybridized carbons (Fsp3) is 0.423. The average Bonchev–Trinajstić information content (AvgIpc) is 3.28. The SMILES string of the molecule is C/C=C\C(=C/CC)C1CCC(CNC(=O)c2c[nH]cc2-c2ccc(OC)cc2)CC1. The van der Waals surface area contributed by atoms with Crippen molar-refractivity contribution >= 4 is 5.91 Å². The van der Waals surface area contributed by atoms with Crippen molar-refractivity contribution in [1.29, 1.82) is 0 Å². The Hall–Kier alpha value is -2.75. The quantitative estimate of drug-likeness (QED) is 0.517. The Kier molecular flexibility index (Phi) is 7.95. The van der Waals surface area contributed by atoms with Crippen LogP contribution in [0.4, 0.5) is 0 Å². The first-order valence-electron chi connectivity index (χ1n) is 11.1. The van der Waals surface area contributed by atoms with Gasteiger partial charge in [-0.1, -0.05) is 37.3 Å². The van der Waals surface area contributed by atoms with Crippen molar-refractivity contribution in [3.8, 4) is 16.9 Å². The Balaban J connectivity index is 1.55. The molecule has 0 radical (unpaired) electrons. The van der Waals surface area contributed by atoms with Gasteiger partial charge in [0, 0.05) is 24.5 Å². The third kappa shape index (κ3) is 5.44. The van der Waals surface area contributed by atoms with E-state index in [9.17, 15) is 4.79 Å². The summed E-state index contributed by atoms with van der Waals surface area (Å²) in [5, 5.41) is 3.17. The van der Waals surface area contributed by atoms with Crippen LogP contribution in [0.5, 0.6) is 5.75 Å². The minimum atomic E-state index is -0.00956. The maximum Gasteiger partial charge on any atom is 0.253 e. The molecule has 30 heavy (non-hydrogen) atoms. The van der Waals surface area contributed by atoms with Crippen LogP contribution in [0, 0.1) is 11.8 Å². The predicted molar refractivity (Wildman–Crippen MR) is 124 cm³/mol. The molecule has 0 spiro atoms. The lowest BCUT2D eigenvalue weighted by Gasteiger charge is -2.29. The van der Waals surface area contributed by atoms with Gasteiger partial charge in [-0.2, -0.15) is 0 Å². The Labute approximate surface area is 180 Å². The van der Waals surface area contributed by atoms with Crippen LogP contribution < -0.4 is 10.1 Å². The van der Waals surface area contributed by atoms with Crippen molar-refractivity contribution in [3.63, 3.8) is 0 Å². The number of nitrogens with one attached hydrogen (secondary N) is 2. The van der Waals surface area contributed by atoms with Gasteiger partial charge in [-0.05, 0) is 74.1 Å². The molecule has 1 aliphatic carbocycles. The van der Waals surface area contributed by atoms with Crippen LogP contribution in [-0.2, 0) is 0 Å². The van der Waals surface area contributed by atoms with Gasteiger partial charge in [0.25, 0.3) is 5.91 Å². The molecule has 0 atom stereocenters. The normalized spacial score (nSPS) is 19.8. The molecular weight excluding hydrogens is 372 g/mol. The van der Waals surface area contributed by atoms with E-state index in [0.717, 1.165) is 29.8 Å². The van der Waals surface area contributed by atoms with Crippen molar-refractivity contribution < 1.29 is 9.53 Å². The molecule has 3 rings (SSSR count). The van der Waals surface area contributed by atoms with Gasteiger partial charge in [0.15, 0.2) is 0 Å². The number of aromatic nitrogens is 1. The average molecular weight is 407 g/mol. The minimum Gasteiger partial charge on any atom is -0.497 e. The zero-order valence-electron chi connectivity index (χ0n) is 18.4.